The molecule has 2 rings (SSSR count). The number of pyridine rings is 1. The van der Waals surface area contributed by atoms with Gasteiger partial charge in [0, 0.05) is 25.0 Å². The maximum Gasteiger partial charge on any atom is 0.256 e. The number of carbonyl (C=O) groups excluding carboxylic acids is 1. The first-order chi connectivity index (χ1) is 11.0. The van der Waals surface area contributed by atoms with E-state index in [9.17, 15) is 9.59 Å². The number of amides is 1. The minimum absolute atomic E-state index is 0.160. The Kier molecular flexibility index (Phi) is 5.42. The lowest BCUT2D eigenvalue weighted by Gasteiger charge is -2.14. The van der Waals surface area contributed by atoms with E-state index in [0.717, 1.165) is 24.9 Å². The maximum absolute atomic E-state index is 12.7. The number of nitrogens with zero attached hydrogens (tertiary/aromatic N) is 1. The highest BCUT2D eigenvalue weighted by Gasteiger charge is 2.16. The largest absolute Gasteiger partial charge is 0.398 e. The highest BCUT2D eigenvalue weighted by atomic mass is 16.2. The summed E-state index contributed by atoms with van der Waals surface area (Å²) in [5, 5.41) is 3.26. The third-order valence-corrected chi connectivity index (χ3v) is 3.86. The highest BCUT2D eigenvalue weighted by Crippen LogP contribution is 2.18. The summed E-state index contributed by atoms with van der Waals surface area (Å²) in [7, 11) is 0. The van der Waals surface area contributed by atoms with Crippen molar-refractivity contribution in [1.82, 2.24) is 9.88 Å². The van der Waals surface area contributed by atoms with Crippen LogP contribution in [0.3, 0.4) is 0 Å². The average molecular weight is 315 g/mol. The van der Waals surface area contributed by atoms with Gasteiger partial charge in [-0.1, -0.05) is 26.8 Å². The first kappa shape index (κ1) is 17.1. The van der Waals surface area contributed by atoms with Gasteiger partial charge in [-0.05, 0) is 30.9 Å². The quantitative estimate of drug-likeness (QED) is 0.805. The molecule has 1 amide bonds. The minimum atomic E-state index is -0.328. The van der Waals surface area contributed by atoms with E-state index in [0.29, 0.717) is 23.5 Å². The van der Waals surface area contributed by atoms with E-state index < -0.39 is 0 Å². The summed E-state index contributed by atoms with van der Waals surface area (Å²) in [5.41, 5.74) is 7.03. The fraction of sp³-hybridized carbons (Fsp3) is 0.444. The zero-order valence-electron chi connectivity index (χ0n) is 14.1. The van der Waals surface area contributed by atoms with E-state index in [1.165, 1.54) is 0 Å². The van der Waals surface area contributed by atoms with Gasteiger partial charge in [-0.3, -0.25) is 9.59 Å². The van der Waals surface area contributed by atoms with Gasteiger partial charge in [0.2, 0.25) is 5.43 Å². The number of fused-ring (bicyclic) bond motifs is 1. The van der Waals surface area contributed by atoms with Crippen molar-refractivity contribution in [1.29, 1.82) is 0 Å². The van der Waals surface area contributed by atoms with Crippen LogP contribution in [-0.2, 0) is 6.54 Å². The van der Waals surface area contributed by atoms with E-state index in [1.807, 2.05) is 16.7 Å². The maximum atomic E-state index is 12.7. The number of anilines is 1. The molecule has 0 aliphatic rings. The van der Waals surface area contributed by atoms with Crippen LogP contribution in [0.15, 0.2) is 29.2 Å². The number of nitrogens with two attached hydrogens (primary N) is 1. The van der Waals surface area contributed by atoms with Crippen LogP contribution in [0.5, 0.6) is 0 Å². The Morgan fingerprint density at radius 1 is 1.35 bits per heavy atom. The van der Waals surface area contributed by atoms with Crippen molar-refractivity contribution in [2.24, 2.45) is 5.92 Å². The molecule has 0 aliphatic carbocycles. The number of nitrogen functional groups attached to an aromatic ring is 1. The van der Waals surface area contributed by atoms with Crippen molar-refractivity contribution in [3.63, 3.8) is 0 Å². The summed E-state index contributed by atoms with van der Waals surface area (Å²) in [6.07, 6.45) is 3.43. The second-order valence-corrected chi connectivity index (χ2v) is 6.25. The number of aryl methyl sites for hydroxylation is 1. The number of aromatic nitrogens is 1. The molecule has 1 aromatic carbocycles. The van der Waals surface area contributed by atoms with Crippen molar-refractivity contribution in [3.05, 3.63) is 40.2 Å². The predicted octanol–water partition coefficient (Wildman–Crippen LogP) is 2.77. The monoisotopic (exact) mass is 315 g/mol. The van der Waals surface area contributed by atoms with Gasteiger partial charge < -0.3 is 15.6 Å². The summed E-state index contributed by atoms with van der Waals surface area (Å²) in [4.78, 5) is 25.1. The van der Waals surface area contributed by atoms with Gasteiger partial charge in [0.15, 0.2) is 0 Å². The zero-order valence-corrected chi connectivity index (χ0v) is 14.1. The Balaban J connectivity index is 2.47. The van der Waals surface area contributed by atoms with Crippen molar-refractivity contribution >= 4 is 22.5 Å². The van der Waals surface area contributed by atoms with E-state index in [2.05, 4.69) is 26.1 Å². The molecule has 5 heteroatoms. The van der Waals surface area contributed by atoms with Gasteiger partial charge in [-0.25, -0.2) is 0 Å². The molecule has 0 aliphatic heterocycles. The summed E-state index contributed by atoms with van der Waals surface area (Å²) in [6, 6.07) is 5.38. The molecule has 0 atom stereocenters. The Morgan fingerprint density at radius 2 is 2.09 bits per heavy atom. The van der Waals surface area contributed by atoms with Crippen LogP contribution in [0.4, 0.5) is 5.69 Å². The summed E-state index contributed by atoms with van der Waals surface area (Å²) < 4.78 is 1.93. The van der Waals surface area contributed by atoms with Crippen molar-refractivity contribution in [2.75, 3.05) is 12.3 Å². The lowest BCUT2D eigenvalue weighted by atomic mass is 10.1. The van der Waals surface area contributed by atoms with Crippen LogP contribution in [0.1, 0.15) is 44.0 Å². The fourth-order valence-corrected chi connectivity index (χ4v) is 2.62. The van der Waals surface area contributed by atoms with Crippen LogP contribution in [0, 0.1) is 5.92 Å². The molecule has 3 N–H and O–H groups in total. The average Bonchev–Trinajstić information content (AvgIpc) is 2.49. The lowest BCUT2D eigenvalue weighted by molar-refractivity contribution is 0.0950. The molecular formula is C18H25N3O2. The van der Waals surface area contributed by atoms with Crippen LogP contribution >= 0.6 is 0 Å². The van der Waals surface area contributed by atoms with E-state index in [4.69, 9.17) is 5.73 Å². The molecule has 5 nitrogen and oxygen atoms in total. The Bertz CT molecular complexity index is 763. The number of benzene rings is 1. The Morgan fingerprint density at radius 3 is 2.74 bits per heavy atom. The third-order valence-electron chi connectivity index (χ3n) is 3.86. The van der Waals surface area contributed by atoms with Crippen LogP contribution in [0.25, 0.3) is 10.9 Å². The molecule has 0 bridgehead atoms. The predicted molar refractivity (Wildman–Crippen MR) is 94.7 cm³/mol. The van der Waals surface area contributed by atoms with Crippen molar-refractivity contribution in [3.8, 4) is 0 Å². The summed E-state index contributed by atoms with van der Waals surface area (Å²) >= 11 is 0. The second kappa shape index (κ2) is 7.31. The van der Waals surface area contributed by atoms with Crippen LogP contribution < -0.4 is 16.5 Å². The van der Waals surface area contributed by atoms with E-state index in [-0.39, 0.29) is 16.9 Å². The smallest absolute Gasteiger partial charge is 0.256 e. The van der Waals surface area contributed by atoms with Gasteiger partial charge in [0.1, 0.15) is 5.56 Å². The summed E-state index contributed by atoms with van der Waals surface area (Å²) in [6.45, 7) is 7.53. The topological polar surface area (TPSA) is 77.1 Å². The summed E-state index contributed by atoms with van der Waals surface area (Å²) in [5.74, 6) is 0.171. The molecule has 1 aromatic heterocycles. The van der Waals surface area contributed by atoms with Gasteiger partial charge in [0.25, 0.3) is 5.91 Å². The van der Waals surface area contributed by atoms with E-state index in [1.54, 1.807) is 12.3 Å². The van der Waals surface area contributed by atoms with Crippen LogP contribution in [-0.4, -0.2) is 17.0 Å². The van der Waals surface area contributed by atoms with Crippen molar-refractivity contribution in [2.45, 2.75) is 40.2 Å². The number of rotatable bonds is 6. The minimum Gasteiger partial charge on any atom is -0.398 e. The molecule has 124 valence electrons. The molecule has 0 saturated carbocycles. The van der Waals surface area contributed by atoms with Crippen LogP contribution in [0.2, 0.25) is 0 Å². The molecule has 0 unspecified atom stereocenters. The van der Waals surface area contributed by atoms with E-state index >= 15 is 0 Å². The third kappa shape index (κ3) is 3.73. The second-order valence-electron chi connectivity index (χ2n) is 6.25. The normalized spacial score (nSPS) is 11.1. The molecule has 0 saturated heterocycles. The molecular weight excluding hydrogens is 290 g/mol. The van der Waals surface area contributed by atoms with Gasteiger partial charge in [0.05, 0.1) is 10.9 Å². The molecule has 0 spiro atoms. The SMILES string of the molecule is CCCn1cc(C(=O)NCCC(C)C)c(=O)c2c(N)cccc21. The molecule has 1 heterocycles. The van der Waals surface area contributed by atoms with Gasteiger partial charge in [-0.2, -0.15) is 0 Å². The lowest BCUT2D eigenvalue weighted by Crippen LogP contribution is -2.31. The number of carbonyl (C=O) groups is 1. The number of nitrogens with one attached hydrogen (secondary N) is 1. The molecule has 2 aromatic rings. The molecule has 0 radical (unpaired) electrons. The number of hydrogen-bond acceptors (Lipinski definition) is 3. The highest BCUT2D eigenvalue weighted by molar-refractivity contribution is 6.00. The number of hydrogen-bond donors (Lipinski definition) is 2. The standard InChI is InChI=1S/C18H25N3O2/c1-4-10-21-11-13(18(23)20-9-8-12(2)3)17(22)16-14(19)6-5-7-15(16)21/h5-7,11-12H,4,8-10,19H2,1-3H3,(H,20,23). The molecule has 0 fully saturated rings. The van der Waals surface area contributed by atoms with Gasteiger partial charge in [-0.15, -0.1) is 0 Å². The molecule has 23 heavy (non-hydrogen) atoms. The first-order valence-electron chi connectivity index (χ1n) is 8.15. The zero-order chi connectivity index (χ0) is 17.0. The fourth-order valence-electron chi connectivity index (χ4n) is 2.62. The van der Waals surface area contributed by atoms with Gasteiger partial charge >= 0.3 is 0 Å². The van der Waals surface area contributed by atoms with Crippen molar-refractivity contribution < 1.29 is 4.79 Å². The first-order valence-corrected chi connectivity index (χ1v) is 8.15. The Labute approximate surface area is 136 Å². The Hall–Kier alpha value is -2.30.